The Morgan fingerprint density at radius 3 is 2.30 bits per heavy atom. The van der Waals surface area contributed by atoms with Crippen LogP contribution in [0.25, 0.3) is 0 Å². The molecule has 10 heavy (non-hydrogen) atoms. The van der Waals surface area contributed by atoms with Gasteiger partial charge in [-0.15, -0.1) is 0 Å². The van der Waals surface area contributed by atoms with Gasteiger partial charge in [0, 0.05) is 5.75 Å². The van der Waals surface area contributed by atoms with Gasteiger partial charge in [-0.3, -0.25) is 0 Å². The molecule has 0 aromatic rings. The molecule has 0 saturated carbocycles. The number of hydrogen-bond acceptors (Lipinski definition) is 3. The van der Waals surface area contributed by atoms with E-state index in [4.69, 9.17) is 10.2 Å². The maximum atomic E-state index is 8.90. The predicted molar refractivity (Wildman–Crippen MR) is 45.3 cm³/mol. The second-order valence-corrected chi connectivity index (χ2v) is 3.84. The van der Waals surface area contributed by atoms with Crippen molar-refractivity contribution in [3.05, 3.63) is 0 Å². The van der Waals surface area contributed by atoms with Crippen LogP contribution in [0.4, 0.5) is 0 Å². The van der Waals surface area contributed by atoms with Crippen molar-refractivity contribution in [1.29, 1.82) is 0 Å². The average molecular weight is 164 g/mol. The molecule has 0 aromatic heterocycles. The van der Waals surface area contributed by atoms with E-state index in [9.17, 15) is 0 Å². The fourth-order valence-electron chi connectivity index (χ4n) is 0.492. The van der Waals surface area contributed by atoms with Gasteiger partial charge in [0.1, 0.15) is 0 Å². The highest BCUT2D eigenvalue weighted by atomic mass is 32.2. The fraction of sp³-hybridized carbons (Fsp3) is 1.00. The van der Waals surface area contributed by atoms with Crippen LogP contribution >= 0.6 is 11.8 Å². The summed E-state index contributed by atoms with van der Waals surface area (Å²) in [5.41, 5.74) is 0. The van der Waals surface area contributed by atoms with Gasteiger partial charge < -0.3 is 10.2 Å². The number of aliphatic hydroxyl groups excluding tert-OH is 2. The molecule has 0 aromatic carbocycles. The summed E-state index contributed by atoms with van der Waals surface area (Å²) in [5.74, 6) is 2.36. The van der Waals surface area contributed by atoms with Crippen LogP contribution in [0.5, 0.6) is 0 Å². The van der Waals surface area contributed by atoms with Crippen LogP contribution in [-0.2, 0) is 0 Å². The van der Waals surface area contributed by atoms with Gasteiger partial charge in [-0.25, -0.2) is 0 Å². The summed E-state index contributed by atoms with van der Waals surface area (Å²) in [6, 6.07) is 0. The third kappa shape index (κ3) is 6.39. The molecule has 2 nitrogen and oxygen atoms in total. The zero-order valence-electron chi connectivity index (χ0n) is 6.58. The third-order valence-electron chi connectivity index (χ3n) is 0.972. The molecule has 1 unspecified atom stereocenters. The number of rotatable bonds is 5. The van der Waals surface area contributed by atoms with Crippen molar-refractivity contribution >= 4 is 11.8 Å². The van der Waals surface area contributed by atoms with Gasteiger partial charge in [-0.1, -0.05) is 13.8 Å². The van der Waals surface area contributed by atoms with Crippen LogP contribution in [0.3, 0.4) is 0 Å². The molecule has 62 valence electrons. The highest BCUT2D eigenvalue weighted by molar-refractivity contribution is 7.99. The van der Waals surface area contributed by atoms with E-state index in [1.165, 1.54) is 0 Å². The van der Waals surface area contributed by atoms with Crippen LogP contribution in [0.1, 0.15) is 13.8 Å². The Hall–Kier alpha value is 0.270. The average Bonchev–Trinajstić information content (AvgIpc) is 1.87. The Balaban J connectivity index is 3.03. The Morgan fingerprint density at radius 2 is 1.90 bits per heavy atom. The molecule has 0 aliphatic carbocycles. The summed E-state index contributed by atoms with van der Waals surface area (Å²) in [6.45, 7) is 4.15. The molecule has 0 rings (SSSR count). The van der Waals surface area contributed by atoms with Gasteiger partial charge in [0.15, 0.2) is 0 Å². The molecule has 0 aliphatic rings. The molecule has 0 spiro atoms. The molecule has 0 bridgehead atoms. The van der Waals surface area contributed by atoms with Crippen LogP contribution < -0.4 is 0 Å². The van der Waals surface area contributed by atoms with E-state index in [1.807, 2.05) is 0 Å². The molecule has 3 heteroatoms. The smallest absolute Gasteiger partial charge is 0.0861 e. The first-order valence-electron chi connectivity index (χ1n) is 3.53. The van der Waals surface area contributed by atoms with Gasteiger partial charge in [-0.05, 0) is 11.7 Å². The molecule has 1 atom stereocenters. The summed E-state index contributed by atoms with van der Waals surface area (Å²) in [5, 5.41) is 17.3. The minimum Gasteiger partial charge on any atom is -0.394 e. The van der Waals surface area contributed by atoms with Crippen molar-refractivity contribution in [3.63, 3.8) is 0 Å². The highest BCUT2D eigenvalue weighted by Gasteiger charge is 2.01. The number of aliphatic hydroxyl groups is 2. The van der Waals surface area contributed by atoms with E-state index < -0.39 is 6.10 Å². The van der Waals surface area contributed by atoms with E-state index in [1.54, 1.807) is 11.8 Å². The zero-order chi connectivity index (χ0) is 7.98. The Kier molecular flexibility index (Phi) is 6.17. The predicted octanol–water partition coefficient (Wildman–Crippen LogP) is 0.729. The van der Waals surface area contributed by atoms with Crippen LogP contribution in [0, 0.1) is 5.92 Å². The van der Waals surface area contributed by atoms with Crippen molar-refractivity contribution in [2.75, 3.05) is 18.1 Å². The monoisotopic (exact) mass is 164 g/mol. The van der Waals surface area contributed by atoms with Crippen molar-refractivity contribution < 1.29 is 10.2 Å². The molecule has 0 aliphatic heterocycles. The van der Waals surface area contributed by atoms with Crippen molar-refractivity contribution in [2.45, 2.75) is 20.0 Å². The first-order valence-corrected chi connectivity index (χ1v) is 4.69. The summed E-state index contributed by atoms with van der Waals surface area (Å²) in [7, 11) is 0. The molecular weight excluding hydrogens is 148 g/mol. The van der Waals surface area contributed by atoms with Gasteiger partial charge in [-0.2, -0.15) is 11.8 Å². The molecule has 0 amide bonds. The minimum atomic E-state index is -0.538. The van der Waals surface area contributed by atoms with E-state index in [-0.39, 0.29) is 6.61 Å². The second-order valence-electron chi connectivity index (χ2n) is 2.77. The van der Waals surface area contributed by atoms with Crippen LogP contribution in [0.2, 0.25) is 0 Å². The summed E-state index contributed by atoms with van der Waals surface area (Å²) in [6.07, 6.45) is -0.538. The Bertz CT molecular complexity index is 76.0. The fourth-order valence-corrected chi connectivity index (χ4v) is 1.48. The van der Waals surface area contributed by atoms with E-state index in [0.29, 0.717) is 11.7 Å². The maximum Gasteiger partial charge on any atom is 0.0861 e. The Labute approximate surface area is 66.6 Å². The normalized spacial score (nSPS) is 14.1. The first kappa shape index (κ1) is 10.3. The topological polar surface area (TPSA) is 40.5 Å². The maximum absolute atomic E-state index is 8.90. The van der Waals surface area contributed by atoms with E-state index in [0.717, 1.165) is 5.75 Å². The highest BCUT2D eigenvalue weighted by Crippen LogP contribution is 2.08. The summed E-state index contributed by atoms with van der Waals surface area (Å²) < 4.78 is 0. The molecule has 0 saturated heterocycles. The molecule has 0 heterocycles. The van der Waals surface area contributed by atoms with Crippen molar-refractivity contribution in [3.8, 4) is 0 Å². The lowest BCUT2D eigenvalue weighted by atomic mass is 10.3. The zero-order valence-corrected chi connectivity index (χ0v) is 7.40. The molecule has 0 fully saturated rings. The van der Waals surface area contributed by atoms with Crippen LogP contribution in [0.15, 0.2) is 0 Å². The quantitative estimate of drug-likeness (QED) is 0.629. The minimum absolute atomic E-state index is 0.120. The van der Waals surface area contributed by atoms with Gasteiger partial charge in [0.25, 0.3) is 0 Å². The molecule has 2 N–H and O–H groups in total. The second kappa shape index (κ2) is 6.01. The number of hydrogen-bond donors (Lipinski definition) is 2. The SMILES string of the molecule is CC(C)CSCC(O)CO. The summed E-state index contributed by atoms with van der Waals surface area (Å²) in [4.78, 5) is 0. The van der Waals surface area contributed by atoms with Crippen molar-refractivity contribution in [1.82, 2.24) is 0 Å². The first-order chi connectivity index (χ1) is 4.66. The lowest BCUT2D eigenvalue weighted by Gasteiger charge is -2.07. The molecule has 0 radical (unpaired) electrons. The standard InChI is InChI=1S/C7H16O2S/c1-6(2)4-10-5-7(9)3-8/h6-9H,3-5H2,1-2H3. The lowest BCUT2D eigenvalue weighted by molar-refractivity contribution is 0.113. The van der Waals surface area contributed by atoms with Crippen LogP contribution in [-0.4, -0.2) is 34.4 Å². The van der Waals surface area contributed by atoms with Gasteiger partial charge in [0.2, 0.25) is 0 Å². The van der Waals surface area contributed by atoms with E-state index >= 15 is 0 Å². The Morgan fingerprint density at radius 1 is 1.30 bits per heavy atom. The van der Waals surface area contributed by atoms with Crippen molar-refractivity contribution in [2.24, 2.45) is 5.92 Å². The summed E-state index contributed by atoms with van der Waals surface area (Å²) >= 11 is 1.68. The largest absolute Gasteiger partial charge is 0.394 e. The van der Waals surface area contributed by atoms with Gasteiger partial charge >= 0.3 is 0 Å². The third-order valence-corrected chi connectivity index (χ3v) is 2.50. The molecular formula is C7H16O2S. The van der Waals surface area contributed by atoms with Gasteiger partial charge in [0.05, 0.1) is 12.7 Å². The lowest BCUT2D eigenvalue weighted by Crippen LogP contribution is -2.15. The van der Waals surface area contributed by atoms with E-state index in [2.05, 4.69) is 13.8 Å². The number of thioether (sulfide) groups is 1.